The van der Waals surface area contributed by atoms with Crippen molar-refractivity contribution in [2.75, 3.05) is 6.26 Å². The molecule has 2 aromatic rings. The van der Waals surface area contributed by atoms with Gasteiger partial charge in [-0.3, -0.25) is 0 Å². The third kappa shape index (κ3) is 1.62. The number of aryl methyl sites for hydroxylation is 1. The number of halogens is 1. The minimum Gasteiger partial charge on any atom is -0.143 e. The lowest BCUT2D eigenvalue weighted by molar-refractivity contribution is 1.35. The van der Waals surface area contributed by atoms with Gasteiger partial charge in [-0.1, -0.05) is 22.0 Å². The first-order valence-corrected chi connectivity index (χ1v) is 7.60. The highest BCUT2D eigenvalue weighted by Gasteiger charge is 2.09. The fourth-order valence-corrected chi connectivity index (χ4v) is 4.20. The van der Waals surface area contributed by atoms with Crippen molar-refractivity contribution in [3.05, 3.63) is 28.6 Å². The molecule has 2 rings (SSSR count). The Hall–Kier alpha value is 0.01000. The molecule has 0 saturated heterocycles. The summed E-state index contributed by atoms with van der Waals surface area (Å²) in [5.41, 5.74) is 2.82. The van der Waals surface area contributed by atoms with Gasteiger partial charge in [-0.05, 0) is 30.4 Å². The van der Waals surface area contributed by atoms with Crippen molar-refractivity contribution in [3.8, 4) is 0 Å². The average molecular weight is 287 g/mol. The Bertz CT molecular complexity index is 460. The Morgan fingerprint density at radius 3 is 2.86 bits per heavy atom. The minimum atomic E-state index is 0.945. The maximum Gasteiger partial charge on any atom is 0.0357 e. The molecule has 0 spiro atoms. The van der Waals surface area contributed by atoms with Crippen LogP contribution in [0.25, 0.3) is 10.1 Å². The number of hydrogen-bond acceptors (Lipinski definition) is 2. The second kappa shape index (κ2) is 4.25. The van der Waals surface area contributed by atoms with Crippen molar-refractivity contribution < 1.29 is 0 Å². The first kappa shape index (κ1) is 10.5. The quantitative estimate of drug-likeness (QED) is 0.563. The molecule has 1 aromatic heterocycles. The molecule has 3 heteroatoms. The van der Waals surface area contributed by atoms with Crippen molar-refractivity contribution in [1.29, 1.82) is 0 Å². The molecule has 0 radical (unpaired) electrons. The number of fused-ring (bicyclic) bond motifs is 1. The summed E-state index contributed by atoms with van der Waals surface area (Å²) >= 11 is 7.24. The van der Waals surface area contributed by atoms with Gasteiger partial charge in [0.05, 0.1) is 0 Å². The summed E-state index contributed by atoms with van der Waals surface area (Å²) in [6, 6.07) is 4.43. The van der Waals surface area contributed by atoms with Crippen LogP contribution < -0.4 is 0 Å². The molecule has 0 unspecified atom stereocenters. The number of hydrogen-bond donors (Lipinski definition) is 0. The zero-order valence-corrected chi connectivity index (χ0v) is 11.4. The van der Waals surface area contributed by atoms with Crippen LogP contribution in [0.3, 0.4) is 0 Å². The van der Waals surface area contributed by atoms with Gasteiger partial charge in [0.15, 0.2) is 0 Å². The van der Waals surface area contributed by atoms with Gasteiger partial charge in [0.25, 0.3) is 0 Å². The van der Waals surface area contributed by atoms with Crippen LogP contribution in [0.15, 0.2) is 22.4 Å². The van der Waals surface area contributed by atoms with Gasteiger partial charge in [-0.2, -0.15) is 0 Å². The van der Waals surface area contributed by atoms with Crippen LogP contribution in [0.1, 0.15) is 11.1 Å². The maximum absolute atomic E-state index is 3.57. The van der Waals surface area contributed by atoms with Crippen LogP contribution >= 0.6 is 39.0 Å². The van der Waals surface area contributed by atoms with Crippen LogP contribution in [0.2, 0.25) is 0 Å². The van der Waals surface area contributed by atoms with Gasteiger partial charge in [-0.25, -0.2) is 0 Å². The second-order valence-corrected chi connectivity index (χ2v) is 5.49. The molecule has 0 nitrogen and oxygen atoms in total. The van der Waals surface area contributed by atoms with Crippen LogP contribution in [-0.2, 0) is 5.33 Å². The zero-order chi connectivity index (χ0) is 10.1. The van der Waals surface area contributed by atoms with Crippen molar-refractivity contribution in [3.63, 3.8) is 0 Å². The Balaban J connectivity index is 2.81. The van der Waals surface area contributed by atoms with E-state index < -0.39 is 0 Å². The summed E-state index contributed by atoms with van der Waals surface area (Å²) in [7, 11) is 0. The summed E-state index contributed by atoms with van der Waals surface area (Å²) in [5, 5.41) is 4.64. The van der Waals surface area contributed by atoms with E-state index in [0.717, 1.165) is 5.33 Å². The van der Waals surface area contributed by atoms with Crippen LogP contribution in [0.4, 0.5) is 0 Å². The number of benzene rings is 1. The van der Waals surface area contributed by atoms with Crippen molar-refractivity contribution in [1.82, 2.24) is 0 Å². The number of thioether (sulfide) groups is 1. The first-order chi connectivity index (χ1) is 6.77. The Labute approximate surface area is 101 Å². The van der Waals surface area contributed by atoms with E-state index >= 15 is 0 Å². The highest BCUT2D eigenvalue weighted by Crippen LogP contribution is 2.36. The van der Waals surface area contributed by atoms with Crippen molar-refractivity contribution in [2.45, 2.75) is 17.1 Å². The molecule has 1 aromatic carbocycles. The van der Waals surface area contributed by atoms with Gasteiger partial charge in [0.1, 0.15) is 0 Å². The second-order valence-electron chi connectivity index (χ2n) is 3.17. The normalized spacial score (nSPS) is 11.1. The molecule has 0 saturated carbocycles. The average Bonchev–Trinajstić information content (AvgIpc) is 2.61. The maximum atomic E-state index is 3.57. The standard InChI is InChI=1S/C11H11BrS2/c1-7-3-4-9-11(8(7)5-12)10(13-2)6-14-9/h3-4,6H,5H2,1-2H3. The minimum absolute atomic E-state index is 0.945. The number of rotatable bonds is 2. The van der Waals surface area contributed by atoms with Crippen molar-refractivity contribution >= 4 is 49.1 Å². The van der Waals surface area contributed by atoms with Crippen LogP contribution in [0, 0.1) is 6.92 Å². The van der Waals surface area contributed by atoms with E-state index in [4.69, 9.17) is 0 Å². The van der Waals surface area contributed by atoms with E-state index in [1.54, 1.807) is 0 Å². The number of alkyl halides is 1. The summed E-state index contributed by atoms with van der Waals surface area (Å²) in [6.07, 6.45) is 2.14. The predicted octanol–water partition coefficient (Wildman–Crippen LogP) is 4.83. The fraction of sp³-hybridized carbons (Fsp3) is 0.273. The summed E-state index contributed by atoms with van der Waals surface area (Å²) in [6.45, 7) is 2.18. The van der Waals surface area contributed by atoms with E-state index in [1.165, 1.54) is 26.1 Å². The monoisotopic (exact) mass is 286 g/mol. The molecule has 14 heavy (non-hydrogen) atoms. The molecule has 0 atom stereocenters. The van der Waals surface area contributed by atoms with Gasteiger partial charge in [0.2, 0.25) is 0 Å². The Morgan fingerprint density at radius 2 is 2.21 bits per heavy atom. The van der Waals surface area contributed by atoms with E-state index in [-0.39, 0.29) is 0 Å². The Kier molecular flexibility index (Phi) is 3.20. The van der Waals surface area contributed by atoms with Gasteiger partial charge < -0.3 is 0 Å². The summed E-state index contributed by atoms with van der Waals surface area (Å²) in [5.74, 6) is 0. The molecular formula is C11H11BrS2. The van der Waals surface area contributed by atoms with E-state index in [1.807, 2.05) is 23.1 Å². The molecular weight excluding hydrogens is 276 g/mol. The molecule has 74 valence electrons. The lowest BCUT2D eigenvalue weighted by Crippen LogP contribution is -1.85. The topological polar surface area (TPSA) is 0 Å². The summed E-state index contributed by atoms with van der Waals surface area (Å²) < 4.78 is 1.40. The molecule has 0 bridgehead atoms. The number of thiophene rings is 1. The van der Waals surface area contributed by atoms with Crippen molar-refractivity contribution in [2.24, 2.45) is 0 Å². The predicted molar refractivity (Wildman–Crippen MR) is 71.0 cm³/mol. The molecule has 0 aliphatic carbocycles. The van der Waals surface area contributed by atoms with Crippen LogP contribution in [0.5, 0.6) is 0 Å². The molecule has 0 fully saturated rings. The summed E-state index contributed by atoms with van der Waals surface area (Å²) in [4.78, 5) is 1.41. The SMILES string of the molecule is CSc1csc2ccc(C)c(CBr)c12. The van der Waals surface area contributed by atoms with Gasteiger partial charge in [-0.15, -0.1) is 23.1 Å². The fourth-order valence-electron chi connectivity index (χ4n) is 1.60. The molecule has 0 aliphatic rings. The van der Waals surface area contributed by atoms with E-state index in [2.05, 4.69) is 46.6 Å². The highest BCUT2D eigenvalue weighted by atomic mass is 79.9. The van der Waals surface area contributed by atoms with E-state index in [9.17, 15) is 0 Å². The lowest BCUT2D eigenvalue weighted by Gasteiger charge is -2.05. The third-order valence-corrected chi connectivity index (χ3v) is 4.82. The molecule has 1 heterocycles. The smallest absolute Gasteiger partial charge is 0.0357 e. The van der Waals surface area contributed by atoms with Crippen LogP contribution in [-0.4, -0.2) is 6.26 Å². The molecule has 0 N–H and O–H groups in total. The van der Waals surface area contributed by atoms with E-state index in [0.29, 0.717) is 0 Å². The lowest BCUT2D eigenvalue weighted by atomic mass is 10.1. The molecule has 0 amide bonds. The largest absolute Gasteiger partial charge is 0.143 e. The zero-order valence-electron chi connectivity index (χ0n) is 8.13. The first-order valence-electron chi connectivity index (χ1n) is 4.37. The Morgan fingerprint density at radius 1 is 1.43 bits per heavy atom. The van der Waals surface area contributed by atoms with Gasteiger partial charge in [0, 0.05) is 25.7 Å². The molecule has 0 aliphatic heterocycles. The third-order valence-electron chi connectivity index (χ3n) is 2.40. The van der Waals surface area contributed by atoms with Gasteiger partial charge >= 0.3 is 0 Å². The highest BCUT2D eigenvalue weighted by molar-refractivity contribution is 9.08.